The lowest BCUT2D eigenvalue weighted by Crippen LogP contribution is -2.59. The van der Waals surface area contributed by atoms with Gasteiger partial charge in [-0.1, -0.05) is 0 Å². The molecule has 1 saturated heterocycles. The van der Waals surface area contributed by atoms with E-state index in [2.05, 4.69) is 15.7 Å². The molecule has 1 aromatic heterocycles. The molecule has 6 nitrogen and oxygen atoms in total. The highest BCUT2D eigenvalue weighted by atomic mass is 16.5. The predicted molar refractivity (Wildman–Crippen MR) is 67.1 cm³/mol. The number of aromatic nitrogens is 2. The Labute approximate surface area is 107 Å². The van der Waals surface area contributed by atoms with Gasteiger partial charge in [0.15, 0.2) is 0 Å². The van der Waals surface area contributed by atoms with E-state index in [1.807, 2.05) is 26.1 Å². The molecule has 2 heterocycles. The molecule has 0 radical (unpaired) electrons. The Hall–Kier alpha value is -1.40. The van der Waals surface area contributed by atoms with E-state index in [4.69, 9.17) is 4.74 Å². The van der Waals surface area contributed by atoms with Crippen LogP contribution in [0.15, 0.2) is 18.5 Å². The molecule has 1 aromatic rings. The maximum absolute atomic E-state index is 11.7. The number of ether oxygens (including phenoxy) is 1. The van der Waals surface area contributed by atoms with Crippen LogP contribution >= 0.6 is 0 Å². The second-order valence-corrected chi connectivity index (χ2v) is 5.04. The topological polar surface area (TPSA) is 68.2 Å². The second-order valence-electron chi connectivity index (χ2n) is 5.04. The summed E-state index contributed by atoms with van der Waals surface area (Å²) in [4.78, 5) is 11.7. The number of nitrogens with zero attached hydrogens (tertiary/aromatic N) is 2. The van der Waals surface area contributed by atoms with Crippen LogP contribution in [0, 0.1) is 0 Å². The minimum atomic E-state index is -0.178. The van der Waals surface area contributed by atoms with Crippen LogP contribution in [-0.2, 0) is 16.1 Å². The van der Waals surface area contributed by atoms with Crippen LogP contribution in [-0.4, -0.2) is 47.0 Å². The fraction of sp³-hybridized carbons (Fsp3) is 0.667. The monoisotopic (exact) mass is 252 g/mol. The zero-order valence-corrected chi connectivity index (χ0v) is 10.8. The van der Waals surface area contributed by atoms with Gasteiger partial charge in [0.25, 0.3) is 0 Å². The van der Waals surface area contributed by atoms with Crippen molar-refractivity contribution >= 4 is 5.91 Å². The Kier molecular flexibility index (Phi) is 3.98. The largest absolute Gasteiger partial charge is 0.363 e. The van der Waals surface area contributed by atoms with Crippen molar-refractivity contribution in [2.45, 2.75) is 32.0 Å². The summed E-state index contributed by atoms with van der Waals surface area (Å²) in [5.41, 5.74) is -0.178. The third-order valence-corrected chi connectivity index (χ3v) is 2.98. The van der Waals surface area contributed by atoms with Crippen molar-refractivity contribution in [1.82, 2.24) is 20.4 Å². The van der Waals surface area contributed by atoms with Gasteiger partial charge in [0.2, 0.25) is 5.91 Å². The Morgan fingerprint density at radius 1 is 1.67 bits per heavy atom. The van der Waals surface area contributed by atoms with E-state index >= 15 is 0 Å². The highest BCUT2D eigenvalue weighted by Gasteiger charge is 2.33. The van der Waals surface area contributed by atoms with E-state index in [-0.39, 0.29) is 24.2 Å². The van der Waals surface area contributed by atoms with Gasteiger partial charge in [-0.15, -0.1) is 0 Å². The van der Waals surface area contributed by atoms with E-state index in [0.29, 0.717) is 6.54 Å². The molecule has 0 aliphatic carbocycles. The lowest BCUT2D eigenvalue weighted by Gasteiger charge is -2.38. The summed E-state index contributed by atoms with van der Waals surface area (Å²) in [6.07, 6.45) is 3.60. The van der Waals surface area contributed by atoms with E-state index in [0.717, 1.165) is 13.1 Å². The molecule has 100 valence electrons. The molecule has 2 rings (SSSR count). The minimum Gasteiger partial charge on any atom is -0.363 e. The van der Waals surface area contributed by atoms with Gasteiger partial charge in [-0.25, -0.2) is 0 Å². The molecule has 0 saturated carbocycles. The van der Waals surface area contributed by atoms with E-state index in [9.17, 15) is 4.79 Å². The standard InChI is InChI=1S/C12H20N4O2/c1-10(6-16-5-3-4-14-16)15-11(17)7-18-12(2)8-13-9-12/h3-5,10,13H,6-9H2,1-2H3,(H,15,17). The van der Waals surface area contributed by atoms with Gasteiger partial charge >= 0.3 is 0 Å². The molecule has 0 aromatic carbocycles. The first-order valence-electron chi connectivity index (χ1n) is 6.19. The van der Waals surface area contributed by atoms with Crippen LogP contribution in [0.25, 0.3) is 0 Å². The fourth-order valence-electron chi connectivity index (χ4n) is 1.87. The van der Waals surface area contributed by atoms with Gasteiger partial charge in [0, 0.05) is 31.5 Å². The van der Waals surface area contributed by atoms with Crippen molar-refractivity contribution in [3.8, 4) is 0 Å². The number of nitrogens with one attached hydrogen (secondary N) is 2. The normalized spacial score (nSPS) is 19.0. The van der Waals surface area contributed by atoms with Crippen LogP contribution in [0.4, 0.5) is 0 Å². The number of rotatable bonds is 6. The molecule has 1 amide bonds. The first-order valence-corrected chi connectivity index (χ1v) is 6.19. The fourth-order valence-corrected chi connectivity index (χ4v) is 1.87. The summed E-state index contributed by atoms with van der Waals surface area (Å²) in [5, 5.41) is 10.1. The number of amides is 1. The summed E-state index contributed by atoms with van der Waals surface area (Å²) < 4.78 is 7.36. The number of carbonyl (C=O) groups excluding carboxylic acids is 1. The molecule has 2 N–H and O–H groups in total. The summed E-state index contributed by atoms with van der Waals surface area (Å²) in [7, 11) is 0. The van der Waals surface area contributed by atoms with Crippen molar-refractivity contribution in [2.75, 3.05) is 19.7 Å². The average molecular weight is 252 g/mol. The molecule has 1 aliphatic heterocycles. The highest BCUT2D eigenvalue weighted by molar-refractivity contribution is 5.77. The van der Waals surface area contributed by atoms with Crippen molar-refractivity contribution in [3.05, 3.63) is 18.5 Å². The number of hydrogen-bond donors (Lipinski definition) is 2. The molecule has 1 aliphatic rings. The van der Waals surface area contributed by atoms with Crippen molar-refractivity contribution < 1.29 is 9.53 Å². The van der Waals surface area contributed by atoms with Gasteiger partial charge in [-0.3, -0.25) is 9.48 Å². The van der Waals surface area contributed by atoms with Crippen LogP contribution in [0.1, 0.15) is 13.8 Å². The third kappa shape index (κ3) is 3.54. The maximum atomic E-state index is 11.7. The predicted octanol–water partition coefficient (Wildman–Crippen LogP) is -0.234. The molecule has 1 unspecified atom stereocenters. The van der Waals surface area contributed by atoms with Crippen LogP contribution in [0.3, 0.4) is 0 Å². The lowest BCUT2D eigenvalue weighted by molar-refractivity contribution is -0.136. The maximum Gasteiger partial charge on any atom is 0.246 e. The molecular formula is C12H20N4O2. The van der Waals surface area contributed by atoms with Crippen LogP contribution < -0.4 is 10.6 Å². The quantitative estimate of drug-likeness (QED) is 0.733. The molecule has 6 heteroatoms. The summed E-state index contributed by atoms with van der Waals surface area (Å²) in [6.45, 7) is 6.35. The van der Waals surface area contributed by atoms with E-state index in [1.54, 1.807) is 10.9 Å². The third-order valence-electron chi connectivity index (χ3n) is 2.98. The zero-order chi connectivity index (χ0) is 13.0. The Bertz CT molecular complexity index is 387. The first kappa shape index (κ1) is 13.0. The van der Waals surface area contributed by atoms with E-state index in [1.165, 1.54) is 0 Å². The SMILES string of the molecule is CC(Cn1cccn1)NC(=O)COC1(C)CNC1. The van der Waals surface area contributed by atoms with Crippen LogP contribution in [0.2, 0.25) is 0 Å². The van der Waals surface area contributed by atoms with Crippen molar-refractivity contribution in [3.63, 3.8) is 0 Å². The summed E-state index contributed by atoms with van der Waals surface area (Å²) in [5.74, 6) is -0.0808. The van der Waals surface area contributed by atoms with Gasteiger partial charge in [-0.2, -0.15) is 5.10 Å². The van der Waals surface area contributed by atoms with Gasteiger partial charge in [0.1, 0.15) is 6.61 Å². The van der Waals surface area contributed by atoms with E-state index < -0.39 is 0 Å². The molecule has 18 heavy (non-hydrogen) atoms. The molecule has 0 spiro atoms. The zero-order valence-electron chi connectivity index (χ0n) is 10.8. The smallest absolute Gasteiger partial charge is 0.246 e. The lowest BCUT2D eigenvalue weighted by atomic mass is 10.0. The van der Waals surface area contributed by atoms with Gasteiger partial charge in [0.05, 0.1) is 12.1 Å². The first-order chi connectivity index (χ1) is 8.57. The molecular weight excluding hydrogens is 232 g/mol. The average Bonchev–Trinajstić information content (AvgIpc) is 2.76. The van der Waals surface area contributed by atoms with Crippen molar-refractivity contribution in [1.29, 1.82) is 0 Å². The van der Waals surface area contributed by atoms with Crippen LogP contribution in [0.5, 0.6) is 0 Å². The second kappa shape index (κ2) is 5.49. The highest BCUT2D eigenvalue weighted by Crippen LogP contribution is 2.14. The molecule has 0 bridgehead atoms. The van der Waals surface area contributed by atoms with Gasteiger partial charge < -0.3 is 15.4 Å². The minimum absolute atomic E-state index is 0.0355. The Balaban J connectivity index is 1.67. The number of carbonyl (C=O) groups is 1. The van der Waals surface area contributed by atoms with Gasteiger partial charge in [-0.05, 0) is 19.9 Å². The Morgan fingerprint density at radius 3 is 3.00 bits per heavy atom. The molecule has 1 fully saturated rings. The molecule has 1 atom stereocenters. The summed E-state index contributed by atoms with van der Waals surface area (Å²) >= 11 is 0. The Morgan fingerprint density at radius 2 is 2.44 bits per heavy atom. The summed E-state index contributed by atoms with van der Waals surface area (Å²) in [6, 6.07) is 1.90. The van der Waals surface area contributed by atoms with Crippen molar-refractivity contribution in [2.24, 2.45) is 0 Å². The number of hydrogen-bond acceptors (Lipinski definition) is 4.